The van der Waals surface area contributed by atoms with E-state index in [2.05, 4.69) is 10.3 Å². The molecular weight excluding hydrogens is 281 g/mol. The van der Waals surface area contributed by atoms with E-state index in [-0.39, 0.29) is 5.56 Å². The van der Waals surface area contributed by atoms with Gasteiger partial charge < -0.3 is 21.9 Å². The number of carbonyl (C=O) groups excluding carboxylic acids is 2. The highest BCUT2D eigenvalue weighted by Gasteiger charge is 2.33. The van der Waals surface area contributed by atoms with Crippen LogP contribution in [0.5, 0.6) is 0 Å². The summed E-state index contributed by atoms with van der Waals surface area (Å²) in [6.07, 6.45) is -6.36. The molecular formula is C10H11F3N4O3. The van der Waals surface area contributed by atoms with E-state index in [0.717, 1.165) is 6.07 Å². The maximum Gasteiger partial charge on any atom is 0.433 e. The number of pyridine rings is 1. The SMILES string of the molecule is NC(=O)c1ccc(C(F)(F)F)nc1NCC(O)C(N)=O. The Morgan fingerprint density at radius 1 is 1.35 bits per heavy atom. The van der Waals surface area contributed by atoms with Gasteiger partial charge in [-0.15, -0.1) is 0 Å². The summed E-state index contributed by atoms with van der Waals surface area (Å²) in [5.74, 6) is -2.58. The number of hydrogen-bond donors (Lipinski definition) is 4. The number of nitrogens with one attached hydrogen (secondary N) is 1. The number of nitrogens with zero attached hydrogens (tertiary/aromatic N) is 1. The normalized spacial score (nSPS) is 12.8. The molecule has 0 spiro atoms. The molecule has 0 aliphatic heterocycles. The first-order valence-corrected chi connectivity index (χ1v) is 5.22. The van der Waals surface area contributed by atoms with E-state index >= 15 is 0 Å². The number of rotatable bonds is 5. The van der Waals surface area contributed by atoms with Gasteiger partial charge in [-0.1, -0.05) is 0 Å². The molecule has 20 heavy (non-hydrogen) atoms. The predicted octanol–water partition coefficient (Wildman–Crippen LogP) is -0.543. The third-order valence-corrected chi connectivity index (χ3v) is 2.24. The number of hydrogen-bond acceptors (Lipinski definition) is 5. The fourth-order valence-corrected chi connectivity index (χ4v) is 1.24. The summed E-state index contributed by atoms with van der Waals surface area (Å²) in [4.78, 5) is 24.9. The summed E-state index contributed by atoms with van der Waals surface area (Å²) in [5, 5.41) is 11.4. The van der Waals surface area contributed by atoms with Crippen molar-refractivity contribution in [2.24, 2.45) is 11.5 Å². The molecule has 1 rings (SSSR count). The Morgan fingerprint density at radius 2 is 1.95 bits per heavy atom. The number of anilines is 1. The molecule has 1 unspecified atom stereocenters. The van der Waals surface area contributed by atoms with Gasteiger partial charge in [0.25, 0.3) is 5.91 Å². The monoisotopic (exact) mass is 292 g/mol. The quantitative estimate of drug-likeness (QED) is 0.578. The average Bonchev–Trinajstić information content (AvgIpc) is 2.34. The molecule has 2 amide bonds. The van der Waals surface area contributed by atoms with E-state index in [1.165, 1.54) is 0 Å². The van der Waals surface area contributed by atoms with Crippen molar-refractivity contribution in [1.29, 1.82) is 0 Å². The van der Waals surface area contributed by atoms with Gasteiger partial charge >= 0.3 is 6.18 Å². The van der Waals surface area contributed by atoms with Crippen molar-refractivity contribution in [2.45, 2.75) is 12.3 Å². The molecule has 1 heterocycles. The van der Waals surface area contributed by atoms with Gasteiger partial charge in [0, 0.05) is 0 Å². The number of primary amides is 2. The largest absolute Gasteiger partial charge is 0.433 e. The highest BCUT2D eigenvalue weighted by molar-refractivity contribution is 5.97. The lowest BCUT2D eigenvalue weighted by atomic mass is 10.2. The maximum atomic E-state index is 12.5. The molecule has 7 nitrogen and oxygen atoms in total. The van der Waals surface area contributed by atoms with Crippen LogP contribution >= 0.6 is 0 Å². The van der Waals surface area contributed by atoms with E-state index in [4.69, 9.17) is 16.6 Å². The number of aliphatic hydroxyl groups is 1. The summed E-state index contributed by atoms with van der Waals surface area (Å²) in [7, 11) is 0. The minimum atomic E-state index is -4.71. The van der Waals surface area contributed by atoms with Gasteiger partial charge in [0.05, 0.1) is 12.1 Å². The van der Waals surface area contributed by atoms with Crippen molar-refractivity contribution in [3.8, 4) is 0 Å². The van der Waals surface area contributed by atoms with E-state index in [9.17, 15) is 22.8 Å². The molecule has 1 aromatic heterocycles. The summed E-state index contributed by atoms with van der Waals surface area (Å²) in [6.45, 7) is -0.510. The molecule has 0 aliphatic rings. The van der Waals surface area contributed by atoms with Gasteiger partial charge in [-0.25, -0.2) is 4.98 Å². The molecule has 1 aromatic rings. The Kier molecular flexibility index (Phi) is 4.50. The van der Waals surface area contributed by atoms with Gasteiger partial charge in [-0.2, -0.15) is 13.2 Å². The van der Waals surface area contributed by atoms with Crippen LogP contribution in [0.4, 0.5) is 19.0 Å². The lowest BCUT2D eigenvalue weighted by Gasteiger charge is -2.13. The first-order valence-electron chi connectivity index (χ1n) is 5.22. The Balaban J connectivity index is 3.07. The number of amides is 2. The highest BCUT2D eigenvalue weighted by Crippen LogP contribution is 2.29. The van der Waals surface area contributed by atoms with Crippen molar-refractivity contribution in [3.05, 3.63) is 23.4 Å². The second-order valence-electron chi connectivity index (χ2n) is 3.75. The van der Waals surface area contributed by atoms with Crippen LogP contribution in [0, 0.1) is 0 Å². The summed E-state index contributed by atoms with van der Waals surface area (Å²) >= 11 is 0. The molecule has 110 valence electrons. The Hall–Kier alpha value is -2.36. The van der Waals surface area contributed by atoms with Crippen LogP contribution in [0.3, 0.4) is 0 Å². The summed E-state index contributed by atoms with van der Waals surface area (Å²) in [5.41, 5.74) is 8.20. The summed E-state index contributed by atoms with van der Waals surface area (Å²) in [6, 6.07) is 1.44. The second kappa shape index (κ2) is 5.74. The van der Waals surface area contributed by atoms with E-state index < -0.39 is 42.2 Å². The molecule has 1 atom stereocenters. The Morgan fingerprint density at radius 3 is 2.40 bits per heavy atom. The third-order valence-electron chi connectivity index (χ3n) is 2.24. The maximum absolute atomic E-state index is 12.5. The average molecular weight is 292 g/mol. The minimum absolute atomic E-state index is 0.310. The highest BCUT2D eigenvalue weighted by atomic mass is 19.4. The number of halogens is 3. The molecule has 0 saturated carbocycles. The molecule has 0 aromatic carbocycles. The van der Waals surface area contributed by atoms with Gasteiger partial charge in [-0.3, -0.25) is 9.59 Å². The first kappa shape index (κ1) is 15.7. The molecule has 10 heteroatoms. The molecule has 6 N–H and O–H groups in total. The second-order valence-corrected chi connectivity index (χ2v) is 3.75. The molecule has 0 fully saturated rings. The van der Waals surface area contributed by atoms with Crippen molar-refractivity contribution in [3.63, 3.8) is 0 Å². The van der Waals surface area contributed by atoms with Crippen LogP contribution in [-0.4, -0.2) is 34.6 Å². The van der Waals surface area contributed by atoms with E-state index in [1.54, 1.807) is 0 Å². The fraction of sp³-hybridized carbons (Fsp3) is 0.300. The lowest BCUT2D eigenvalue weighted by Crippen LogP contribution is -2.35. The van der Waals surface area contributed by atoms with Crippen LogP contribution in [0.2, 0.25) is 0 Å². The van der Waals surface area contributed by atoms with Crippen molar-refractivity contribution >= 4 is 17.6 Å². The van der Waals surface area contributed by atoms with E-state index in [1.807, 2.05) is 0 Å². The molecule has 0 radical (unpaired) electrons. The zero-order chi connectivity index (χ0) is 15.5. The zero-order valence-electron chi connectivity index (χ0n) is 9.94. The van der Waals surface area contributed by atoms with Crippen LogP contribution < -0.4 is 16.8 Å². The number of alkyl halides is 3. The number of aliphatic hydroxyl groups excluding tert-OH is 1. The number of nitrogens with two attached hydrogens (primary N) is 2. The molecule has 0 aliphatic carbocycles. The van der Waals surface area contributed by atoms with Crippen LogP contribution in [0.15, 0.2) is 12.1 Å². The lowest BCUT2D eigenvalue weighted by molar-refractivity contribution is -0.141. The smallest absolute Gasteiger partial charge is 0.381 e. The first-order chi connectivity index (χ1) is 9.12. The predicted molar refractivity (Wildman–Crippen MR) is 61.4 cm³/mol. The Bertz CT molecular complexity index is 533. The van der Waals surface area contributed by atoms with Crippen LogP contribution in [-0.2, 0) is 11.0 Å². The van der Waals surface area contributed by atoms with E-state index in [0.29, 0.717) is 6.07 Å². The number of aromatic nitrogens is 1. The van der Waals surface area contributed by atoms with Gasteiger partial charge in [-0.05, 0) is 12.1 Å². The van der Waals surface area contributed by atoms with Crippen molar-refractivity contribution in [1.82, 2.24) is 4.98 Å². The third kappa shape index (κ3) is 3.82. The van der Waals surface area contributed by atoms with Crippen molar-refractivity contribution in [2.75, 3.05) is 11.9 Å². The van der Waals surface area contributed by atoms with Gasteiger partial charge in [0.15, 0.2) is 0 Å². The minimum Gasteiger partial charge on any atom is -0.381 e. The number of carbonyl (C=O) groups is 2. The fourth-order valence-electron chi connectivity index (χ4n) is 1.24. The topological polar surface area (TPSA) is 131 Å². The van der Waals surface area contributed by atoms with Crippen molar-refractivity contribution < 1.29 is 27.9 Å². The van der Waals surface area contributed by atoms with Gasteiger partial charge in [0.2, 0.25) is 5.91 Å². The Labute approximate surface area is 110 Å². The van der Waals surface area contributed by atoms with Crippen LogP contribution in [0.1, 0.15) is 16.1 Å². The standard InChI is InChI=1S/C10H11F3N4O3/c11-10(12,13)6-2-1-4(7(14)19)9(17-6)16-3-5(18)8(15)20/h1-2,5,18H,3H2,(H2,14,19)(H2,15,20)(H,16,17). The van der Waals surface area contributed by atoms with Crippen LogP contribution in [0.25, 0.3) is 0 Å². The summed E-state index contributed by atoms with van der Waals surface area (Å²) < 4.78 is 37.5. The van der Waals surface area contributed by atoms with Gasteiger partial charge in [0.1, 0.15) is 17.6 Å². The zero-order valence-corrected chi connectivity index (χ0v) is 9.94. The molecule has 0 saturated heterocycles. The molecule has 0 bridgehead atoms.